The molecule has 49 heavy (non-hydrogen) atoms. The molecular weight excluding hydrogens is 642 g/mol. The fourth-order valence-electron chi connectivity index (χ4n) is 6.95. The molecule has 5 N–H and O–H groups in total. The van der Waals surface area contributed by atoms with Crippen LogP contribution in [0.2, 0.25) is 0 Å². The van der Waals surface area contributed by atoms with Crippen molar-refractivity contribution >= 4 is 18.0 Å². The van der Waals surface area contributed by atoms with E-state index < -0.39 is 61.4 Å². The fourth-order valence-corrected chi connectivity index (χ4v) is 6.95. The number of phenols is 2. The van der Waals surface area contributed by atoms with E-state index >= 15 is 0 Å². The number of amides is 1. The van der Waals surface area contributed by atoms with E-state index in [2.05, 4.69) is 6.58 Å². The SMILES string of the molecule is C=C[C@H]1[C@H](O[C@@H]2O[C@H](CO)[C@@H](O)[C@H](O)[C@H]2OC(=O)/C=C/c2ccc(O)c(OC)c2)OC=C2C(=O)N3CCc4cc(O)c(OC)cc4[C@H]3C[C@H]21. The number of hydrogen-bond donors (Lipinski definition) is 5. The average molecular weight is 682 g/mol. The smallest absolute Gasteiger partial charge is 0.331 e. The molecule has 4 aliphatic rings. The van der Waals surface area contributed by atoms with E-state index in [0.717, 1.165) is 17.2 Å². The predicted molar refractivity (Wildman–Crippen MR) is 170 cm³/mol. The number of fused-ring (bicyclic) bond motifs is 4. The highest BCUT2D eigenvalue weighted by atomic mass is 16.8. The van der Waals surface area contributed by atoms with Crippen molar-refractivity contribution in [1.29, 1.82) is 0 Å². The van der Waals surface area contributed by atoms with E-state index in [-0.39, 0.29) is 29.2 Å². The third kappa shape index (κ3) is 6.45. The Morgan fingerprint density at radius 3 is 2.53 bits per heavy atom. The lowest BCUT2D eigenvalue weighted by Crippen LogP contribution is -2.61. The number of piperidine rings is 1. The Kier molecular flexibility index (Phi) is 9.86. The summed E-state index contributed by atoms with van der Waals surface area (Å²) in [7, 11) is 2.84. The molecule has 0 unspecified atom stereocenters. The van der Waals surface area contributed by atoms with Gasteiger partial charge in [0.15, 0.2) is 29.1 Å². The number of hydrogen-bond acceptors (Lipinski definition) is 13. The van der Waals surface area contributed by atoms with E-state index in [1.165, 1.54) is 38.7 Å². The lowest BCUT2D eigenvalue weighted by molar-refractivity contribution is -0.340. The van der Waals surface area contributed by atoms with Crippen molar-refractivity contribution in [2.45, 2.75) is 55.9 Å². The zero-order valence-electron chi connectivity index (χ0n) is 26.9. The van der Waals surface area contributed by atoms with Crippen molar-refractivity contribution in [2.75, 3.05) is 27.4 Å². The van der Waals surface area contributed by atoms with Gasteiger partial charge in [-0.25, -0.2) is 4.79 Å². The van der Waals surface area contributed by atoms with Crippen molar-refractivity contribution < 1.29 is 63.5 Å². The summed E-state index contributed by atoms with van der Waals surface area (Å²) in [5.74, 6) is -1.72. The molecule has 0 spiro atoms. The first kappa shape index (κ1) is 34.3. The highest BCUT2D eigenvalue weighted by Gasteiger charge is 2.52. The third-order valence-corrected chi connectivity index (χ3v) is 9.52. The normalized spacial score (nSPS) is 30.7. The molecule has 9 atom stereocenters. The highest BCUT2D eigenvalue weighted by molar-refractivity contribution is 5.95. The van der Waals surface area contributed by atoms with E-state index in [9.17, 15) is 35.1 Å². The number of ether oxygens (including phenoxy) is 6. The number of esters is 1. The Morgan fingerprint density at radius 1 is 1.06 bits per heavy atom. The number of aromatic hydroxyl groups is 2. The zero-order valence-corrected chi connectivity index (χ0v) is 26.9. The molecule has 6 rings (SSSR count). The Labute approximate surface area is 282 Å². The summed E-state index contributed by atoms with van der Waals surface area (Å²) in [5, 5.41) is 51.6. The quantitative estimate of drug-likeness (QED) is 0.146. The van der Waals surface area contributed by atoms with Crippen LogP contribution in [0.4, 0.5) is 0 Å². The number of nitrogens with zero attached hydrogens (tertiary/aromatic N) is 1. The minimum atomic E-state index is -1.71. The van der Waals surface area contributed by atoms with Crippen LogP contribution in [-0.4, -0.2) is 107 Å². The number of carbonyl (C=O) groups excluding carboxylic acids is 2. The van der Waals surface area contributed by atoms with Gasteiger partial charge >= 0.3 is 5.97 Å². The van der Waals surface area contributed by atoms with Crippen LogP contribution >= 0.6 is 0 Å². The molecule has 14 heteroatoms. The Morgan fingerprint density at radius 2 is 1.82 bits per heavy atom. The van der Waals surface area contributed by atoms with E-state index in [1.54, 1.807) is 29.2 Å². The van der Waals surface area contributed by atoms with E-state index in [0.29, 0.717) is 36.3 Å². The summed E-state index contributed by atoms with van der Waals surface area (Å²) in [6.45, 7) is 3.75. The van der Waals surface area contributed by atoms with Gasteiger partial charge in [0.25, 0.3) is 5.91 Å². The van der Waals surface area contributed by atoms with E-state index in [4.69, 9.17) is 28.4 Å². The summed E-state index contributed by atoms with van der Waals surface area (Å²) < 4.78 is 33.8. The molecule has 0 aliphatic carbocycles. The standard InChI is InChI=1S/C35H39NO13/c1-4-19-21-13-23-20-14-27(45-3)25(39)12-18(20)9-10-36(23)33(43)22(21)16-46-34(19)49-35-32(31(42)30(41)28(15-37)47-35)48-29(40)8-6-17-5-7-24(38)26(11-17)44-2/h4-8,11-12,14,16,19,21,23,28,30-32,34-35,37-39,41-42H,1,9-10,13,15H2,2-3H3/b8-6+/t19-,21+,23-,28-,30-,31+,32-,34+,35+/m1/s1. The predicted octanol–water partition coefficient (Wildman–Crippen LogP) is 1.68. The number of rotatable bonds is 9. The number of carbonyl (C=O) groups is 2. The second-order valence-corrected chi connectivity index (χ2v) is 12.2. The van der Waals surface area contributed by atoms with Gasteiger partial charge in [-0.05, 0) is 59.9 Å². The molecule has 14 nitrogen and oxygen atoms in total. The van der Waals surface area contributed by atoms with Gasteiger partial charge in [-0.15, -0.1) is 6.58 Å². The van der Waals surface area contributed by atoms with Crippen molar-refractivity contribution in [1.82, 2.24) is 4.90 Å². The topological polar surface area (TPSA) is 194 Å². The van der Waals surface area contributed by atoms with Crippen LogP contribution in [0.25, 0.3) is 6.08 Å². The summed E-state index contributed by atoms with van der Waals surface area (Å²) >= 11 is 0. The monoisotopic (exact) mass is 681 g/mol. The molecule has 1 amide bonds. The number of phenolic OH excluding ortho intramolecular Hbond substituents is 2. The number of aliphatic hydroxyl groups is 3. The molecule has 4 heterocycles. The molecule has 0 aromatic heterocycles. The zero-order chi connectivity index (χ0) is 35.0. The third-order valence-electron chi connectivity index (χ3n) is 9.52. The van der Waals surface area contributed by atoms with Gasteiger partial charge in [-0.3, -0.25) is 4.79 Å². The maximum Gasteiger partial charge on any atom is 0.331 e. The van der Waals surface area contributed by atoms with Crippen LogP contribution in [0.3, 0.4) is 0 Å². The van der Waals surface area contributed by atoms with E-state index in [1.807, 2.05) is 0 Å². The van der Waals surface area contributed by atoms with Gasteiger partial charge in [-0.1, -0.05) is 12.1 Å². The van der Waals surface area contributed by atoms with Crippen LogP contribution in [0.5, 0.6) is 23.0 Å². The van der Waals surface area contributed by atoms with Crippen LogP contribution in [0.15, 0.2) is 60.9 Å². The van der Waals surface area contributed by atoms with Crippen LogP contribution < -0.4 is 9.47 Å². The van der Waals surface area contributed by atoms with Crippen LogP contribution in [0, 0.1) is 11.8 Å². The summed E-state index contributed by atoms with van der Waals surface area (Å²) in [4.78, 5) is 28.5. The Hall–Kier alpha value is -4.60. The fraction of sp³-hybridized carbons (Fsp3) is 0.429. The molecule has 4 aliphatic heterocycles. The summed E-state index contributed by atoms with van der Waals surface area (Å²) in [6.07, 6.45) is -2.36. The first-order valence-corrected chi connectivity index (χ1v) is 15.8. The molecule has 0 radical (unpaired) electrons. The lowest BCUT2D eigenvalue weighted by atomic mass is 9.73. The summed E-state index contributed by atoms with van der Waals surface area (Å²) in [5.41, 5.74) is 2.71. The van der Waals surface area contributed by atoms with Gasteiger partial charge in [0.1, 0.15) is 18.3 Å². The highest BCUT2D eigenvalue weighted by Crippen LogP contribution is 2.49. The molecule has 2 aromatic rings. The average Bonchev–Trinajstić information content (AvgIpc) is 3.10. The maximum atomic E-state index is 13.8. The van der Waals surface area contributed by atoms with Crippen LogP contribution in [0.1, 0.15) is 29.2 Å². The number of methoxy groups -OCH3 is 2. The van der Waals surface area contributed by atoms with Gasteiger partial charge in [-0.2, -0.15) is 0 Å². The van der Waals surface area contributed by atoms with Crippen molar-refractivity contribution in [3.05, 3.63) is 77.6 Å². The van der Waals surface area contributed by atoms with Crippen LogP contribution in [-0.2, 0) is 35.0 Å². The van der Waals surface area contributed by atoms with Gasteiger partial charge in [0.2, 0.25) is 12.6 Å². The van der Waals surface area contributed by atoms with Crippen molar-refractivity contribution in [3.8, 4) is 23.0 Å². The molecule has 2 fully saturated rings. The first-order valence-electron chi connectivity index (χ1n) is 15.8. The minimum absolute atomic E-state index is 0.0215. The molecule has 0 saturated carbocycles. The Bertz CT molecular complexity index is 1660. The second-order valence-electron chi connectivity index (χ2n) is 12.2. The molecule has 0 bridgehead atoms. The van der Waals surface area contributed by atoms with Gasteiger partial charge in [0, 0.05) is 24.5 Å². The minimum Gasteiger partial charge on any atom is -0.504 e. The van der Waals surface area contributed by atoms with Gasteiger partial charge in [0.05, 0.1) is 38.7 Å². The first-order chi connectivity index (χ1) is 23.6. The largest absolute Gasteiger partial charge is 0.504 e. The Balaban J connectivity index is 1.23. The molecule has 2 saturated heterocycles. The number of benzene rings is 2. The van der Waals surface area contributed by atoms with Gasteiger partial charge < -0.3 is 58.9 Å². The summed E-state index contributed by atoms with van der Waals surface area (Å²) in [6, 6.07) is 7.52. The molecule has 2 aromatic carbocycles. The maximum absolute atomic E-state index is 13.8. The second kappa shape index (κ2) is 14.1. The molecule has 262 valence electrons. The number of aliphatic hydroxyl groups excluding tert-OH is 3. The van der Waals surface area contributed by atoms with Crippen molar-refractivity contribution in [2.24, 2.45) is 11.8 Å². The lowest BCUT2D eigenvalue weighted by Gasteiger charge is -2.49. The van der Waals surface area contributed by atoms with Crippen molar-refractivity contribution in [3.63, 3.8) is 0 Å². The molecular formula is C35H39NO13.